The molecule has 1 aliphatic heterocycles. The van der Waals surface area contributed by atoms with Crippen molar-refractivity contribution < 1.29 is 28.6 Å². The quantitative estimate of drug-likeness (QED) is 0.492. The van der Waals surface area contributed by atoms with Crippen LogP contribution in [0.1, 0.15) is 35.3 Å². The zero-order valence-electron chi connectivity index (χ0n) is 18.4. The minimum atomic E-state index is -1.05. The fourth-order valence-corrected chi connectivity index (χ4v) is 4.24. The molecule has 3 heterocycles. The molecule has 2 unspecified atom stereocenters. The number of likely N-dealkylation sites (tertiary alicyclic amines) is 1. The van der Waals surface area contributed by atoms with E-state index < -0.39 is 17.9 Å². The molecule has 10 nitrogen and oxygen atoms in total. The zero-order chi connectivity index (χ0) is 23.8. The van der Waals surface area contributed by atoms with Crippen LogP contribution in [0.5, 0.6) is 5.75 Å². The van der Waals surface area contributed by atoms with Crippen LogP contribution >= 0.6 is 11.6 Å². The number of carbonyl (C=O) groups is 2. The van der Waals surface area contributed by atoms with Gasteiger partial charge in [0.2, 0.25) is 0 Å². The number of hydrogen-bond acceptors (Lipinski definition) is 8. The lowest BCUT2D eigenvalue weighted by atomic mass is 10.1. The van der Waals surface area contributed by atoms with Gasteiger partial charge in [0.15, 0.2) is 11.3 Å². The highest BCUT2D eigenvalue weighted by atomic mass is 35.5. The molecule has 2 N–H and O–H groups in total. The number of benzene rings is 1. The summed E-state index contributed by atoms with van der Waals surface area (Å²) in [5.74, 6) is -1.15. The Morgan fingerprint density at radius 1 is 1.29 bits per heavy atom. The highest BCUT2D eigenvalue weighted by Gasteiger charge is 2.42. The van der Waals surface area contributed by atoms with Crippen molar-refractivity contribution in [3.63, 3.8) is 0 Å². The highest BCUT2D eigenvalue weighted by molar-refractivity contribution is 6.30. The molecule has 2 aromatic heterocycles. The average molecular weight is 487 g/mol. The number of aromatic nitrogens is 2. The van der Waals surface area contributed by atoms with E-state index in [2.05, 4.69) is 15.3 Å². The second-order valence-corrected chi connectivity index (χ2v) is 8.81. The predicted octanol–water partition coefficient (Wildman–Crippen LogP) is 3.34. The van der Waals surface area contributed by atoms with Gasteiger partial charge in [0.25, 0.3) is 11.9 Å². The van der Waals surface area contributed by atoms with Crippen molar-refractivity contribution >= 4 is 40.6 Å². The van der Waals surface area contributed by atoms with E-state index >= 15 is 0 Å². The lowest BCUT2D eigenvalue weighted by Gasteiger charge is -2.21. The summed E-state index contributed by atoms with van der Waals surface area (Å²) in [7, 11) is 1.46. The number of rotatable bonds is 8. The fraction of sp³-hybridized carbons (Fsp3) is 0.391. The number of carbonyl (C=O) groups excluding carboxylic acids is 1. The van der Waals surface area contributed by atoms with Gasteiger partial charge in [0.1, 0.15) is 11.6 Å². The van der Waals surface area contributed by atoms with Crippen molar-refractivity contribution in [3.8, 4) is 5.75 Å². The summed E-state index contributed by atoms with van der Waals surface area (Å²) in [4.78, 5) is 35.1. The van der Waals surface area contributed by atoms with Gasteiger partial charge in [-0.3, -0.25) is 9.78 Å². The molecule has 1 amide bonds. The number of ether oxygens (including phenoxy) is 2. The van der Waals surface area contributed by atoms with Gasteiger partial charge in [0, 0.05) is 29.7 Å². The van der Waals surface area contributed by atoms with E-state index in [0.717, 1.165) is 12.8 Å². The molecule has 11 heteroatoms. The molecular formula is C23H23ClN4O6. The monoisotopic (exact) mass is 486 g/mol. The topological polar surface area (TPSA) is 127 Å². The molecule has 0 spiro atoms. The van der Waals surface area contributed by atoms with Crippen LogP contribution < -0.4 is 10.1 Å². The fourth-order valence-electron chi connectivity index (χ4n) is 4.06. The highest BCUT2D eigenvalue weighted by Crippen LogP contribution is 2.33. The minimum absolute atomic E-state index is 0.175. The van der Waals surface area contributed by atoms with Crippen LogP contribution in [-0.2, 0) is 16.1 Å². The normalized spacial score (nSPS) is 20.0. The number of methoxy groups -OCH3 is 1. The number of nitrogens with one attached hydrogen (secondary N) is 1. The number of hydrogen-bond donors (Lipinski definition) is 2. The lowest BCUT2D eigenvalue weighted by Crippen LogP contribution is -2.40. The predicted molar refractivity (Wildman–Crippen MR) is 122 cm³/mol. The van der Waals surface area contributed by atoms with E-state index in [4.69, 9.17) is 25.5 Å². The molecule has 34 heavy (non-hydrogen) atoms. The molecule has 1 saturated heterocycles. The molecule has 2 fully saturated rings. The molecule has 2 atom stereocenters. The van der Waals surface area contributed by atoms with E-state index in [1.165, 1.54) is 18.1 Å². The first kappa shape index (κ1) is 22.4. The second kappa shape index (κ2) is 9.11. The molecule has 0 bridgehead atoms. The Kier molecular flexibility index (Phi) is 6.01. The Bertz CT molecular complexity index is 1240. The van der Waals surface area contributed by atoms with Crippen LogP contribution in [0.25, 0.3) is 11.1 Å². The third-order valence-electron chi connectivity index (χ3n) is 5.84. The Balaban J connectivity index is 1.38. The lowest BCUT2D eigenvalue weighted by molar-refractivity contribution is -0.141. The molecule has 0 radical (unpaired) electrons. The van der Waals surface area contributed by atoms with Crippen molar-refractivity contribution in [1.29, 1.82) is 0 Å². The standard InChI is InChI=1S/C23H23ClN4O6/c1-32-19-7-12(21(29)28-11-16(33-15-2-3-15)9-18(28)22(30)31)6-17-20(19)34-23(27-17)26-10-14-8-13(24)4-5-25-14/h4-8,15-16,18H,2-3,9-11H2,1H3,(H,26,27)(H,30,31). The Labute approximate surface area is 199 Å². The minimum Gasteiger partial charge on any atom is -0.493 e. The van der Waals surface area contributed by atoms with E-state index in [1.54, 1.807) is 24.4 Å². The van der Waals surface area contributed by atoms with Gasteiger partial charge < -0.3 is 29.2 Å². The molecule has 5 rings (SSSR count). The number of nitrogens with zero attached hydrogens (tertiary/aromatic N) is 3. The summed E-state index contributed by atoms with van der Waals surface area (Å²) in [5.41, 5.74) is 1.74. The third-order valence-corrected chi connectivity index (χ3v) is 6.08. The van der Waals surface area contributed by atoms with Crippen LogP contribution in [0, 0.1) is 0 Å². The third kappa shape index (κ3) is 4.64. The number of halogens is 1. The summed E-state index contributed by atoms with van der Waals surface area (Å²) in [6.07, 6.45) is 3.72. The number of carboxylic acids is 1. The number of amides is 1. The Morgan fingerprint density at radius 3 is 2.82 bits per heavy atom. The molecule has 3 aromatic rings. The molecule has 1 saturated carbocycles. The number of aliphatic carboxylic acids is 1. The first-order chi connectivity index (χ1) is 16.4. The summed E-state index contributed by atoms with van der Waals surface area (Å²) in [6, 6.07) is 5.79. The smallest absolute Gasteiger partial charge is 0.326 e. The maximum Gasteiger partial charge on any atom is 0.326 e. The summed E-state index contributed by atoms with van der Waals surface area (Å²) < 4.78 is 17.1. The molecule has 1 aliphatic carbocycles. The molecular weight excluding hydrogens is 464 g/mol. The van der Waals surface area contributed by atoms with Gasteiger partial charge in [-0.2, -0.15) is 4.98 Å². The van der Waals surface area contributed by atoms with Crippen molar-refractivity contribution in [1.82, 2.24) is 14.9 Å². The SMILES string of the molecule is COc1cc(C(=O)N2CC(OC3CC3)CC2C(=O)O)cc2nc(NCc3cc(Cl)ccn3)oc12. The average Bonchev–Trinajstić information content (AvgIpc) is 3.37. The first-order valence-corrected chi connectivity index (χ1v) is 11.3. The van der Waals surface area contributed by atoms with E-state index in [0.29, 0.717) is 34.1 Å². The largest absolute Gasteiger partial charge is 0.493 e. The van der Waals surface area contributed by atoms with Gasteiger partial charge in [0.05, 0.1) is 31.6 Å². The number of anilines is 1. The van der Waals surface area contributed by atoms with Gasteiger partial charge in [-0.1, -0.05) is 11.6 Å². The van der Waals surface area contributed by atoms with Crippen LogP contribution in [0.3, 0.4) is 0 Å². The summed E-state index contributed by atoms with van der Waals surface area (Å²) >= 11 is 5.99. The van der Waals surface area contributed by atoms with Gasteiger partial charge in [-0.05, 0) is 37.1 Å². The van der Waals surface area contributed by atoms with E-state index in [9.17, 15) is 14.7 Å². The maximum absolute atomic E-state index is 13.3. The molecule has 1 aromatic carbocycles. The number of fused-ring (bicyclic) bond motifs is 1. The van der Waals surface area contributed by atoms with Crippen LogP contribution in [0.2, 0.25) is 5.02 Å². The number of pyridine rings is 1. The summed E-state index contributed by atoms with van der Waals surface area (Å²) in [5, 5.41) is 13.3. The van der Waals surface area contributed by atoms with Gasteiger partial charge in [-0.15, -0.1) is 0 Å². The second-order valence-electron chi connectivity index (χ2n) is 8.37. The zero-order valence-corrected chi connectivity index (χ0v) is 19.1. The maximum atomic E-state index is 13.3. The Hall–Kier alpha value is -3.37. The van der Waals surface area contributed by atoms with Crippen molar-refractivity contribution in [2.75, 3.05) is 19.0 Å². The van der Waals surface area contributed by atoms with Crippen molar-refractivity contribution in [2.45, 2.75) is 44.1 Å². The Morgan fingerprint density at radius 2 is 2.12 bits per heavy atom. The van der Waals surface area contributed by atoms with Crippen LogP contribution in [0.4, 0.5) is 6.01 Å². The van der Waals surface area contributed by atoms with Crippen molar-refractivity contribution in [2.24, 2.45) is 0 Å². The molecule has 2 aliphatic rings. The van der Waals surface area contributed by atoms with Gasteiger partial charge >= 0.3 is 5.97 Å². The summed E-state index contributed by atoms with van der Waals surface area (Å²) in [6.45, 7) is 0.558. The van der Waals surface area contributed by atoms with Crippen LogP contribution in [0.15, 0.2) is 34.9 Å². The van der Waals surface area contributed by atoms with Crippen LogP contribution in [-0.4, -0.2) is 63.8 Å². The van der Waals surface area contributed by atoms with Crippen molar-refractivity contribution in [3.05, 3.63) is 46.7 Å². The van der Waals surface area contributed by atoms with Gasteiger partial charge in [-0.25, -0.2) is 4.79 Å². The first-order valence-electron chi connectivity index (χ1n) is 10.9. The molecule has 178 valence electrons. The number of carboxylic acid groups (broad SMARTS) is 1. The van der Waals surface area contributed by atoms with E-state index in [1.807, 2.05) is 0 Å². The number of oxazole rings is 1. The van der Waals surface area contributed by atoms with E-state index in [-0.39, 0.29) is 36.8 Å².